The van der Waals surface area contributed by atoms with Gasteiger partial charge >= 0.3 is 0 Å². The van der Waals surface area contributed by atoms with E-state index in [0.29, 0.717) is 17.2 Å². The third-order valence-electron chi connectivity index (χ3n) is 2.62. The predicted octanol–water partition coefficient (Wildman–Crippen LogP) is 2.52. The van der Waals surface area contributed by atoms with Crippen molar-refractivity contribution in [2.24, 2.45) is 0 Å². The second-order valence-corrected chi connectivity index (χ2v) is 4.94. The Hall–Kier alpha value is -2.55. The molecule has 0 fully saturated rings. The molecule has 1 heterocycles. The highest BCUT2D eigenvalue weighted by Crippen LogP contribution is 2.23. The number of nitro groups is 1. The fourth-order valence-electron chi connectivity index (χ4n) is 1.65. The first-order chi connectivity index (χ1) is 10.1. The molecule has 8 nitrogen and oxygen atoms in total. The Morgan fingerprint density at radius 2 is 2.29 bits per heavy atom. The van der Waals surface area contributed by atoms with Crippen LogP contribution in [0, 0.1) is 10.1 Å². The van der Waals surface area contributed by atoms with E-state index in [1.54, 1.807) is 0 Å². The van der Waals surface area contributed by atoms with E-state index in [0.717, 1.165) is 18.0 Å². The third-order valence-corrected chi connectivity index (χ3v) is 3.20. The minimum absolute atomic E-state index is 0.135. The molecule has 0 aliphatic heterocycles. The SMILES string of the molecule is CCCNc1ccc([N+](=O)[O-])cc1C(=O)Nc1cnns1. The monoisotopic (exact) mass is 307 g/mol. The number of non-ortho nitro benzene ring substituents is 1. The van der Waals surface area contributed by atoms with E-state index in [1.165, 1.54) is 24.4 Å². The van der Waals surface area contributed by atoms with Crippen LogP contribution in [-0.2, 0) is 0 Å². The first-order valence-electron chi connectivity index (χ1n) is 6.23. The van der Waals surface area contributed by atoms with Crippen molar-refractivity contribution < 1.29 is 9.72 Å². The van der Waals surface area contributed by atoms with E-state index in [2.05, 4.69) is 20.2 Å². The average molecular weight is 307 g/mol. The number of nitrogens with one attached hydrogen (secondary N) is 2. The molecule has 9 heteroatoms. The highest BCUT2D eigenvalue weighted by molar-refractivity contribution is 7.10. The van der Waals surface area contributed by atoms with Gasteiger partial charge in [-0.3, -0.25) is 14.9 Å². The number of anilines is 2. The lowest BCUT2D eigenvalue weighted by Crippen LogP contribution is -2.15. The minimum atomic E-state index is -0.533. The number of amides is 1. The molecule has 0 unspecified atom stereocenters. The molecule has 110 valence electrons. The predicted molar refractivity (Wildman–Crippen MR) is 79.7 cm³/mol. The molecule has 1 amide bonds. The van der Waals surface area contributed by atoms with Crippen molar-refractivity contribution in [2.45, 2.75) is 13.3 Å². The number of carbonyl (C=O) groups is 1. The van der Waals surface area contributed by atoms with Crippen molar-refractivity contribution in [3.05, 3.63) is 40.1 Å². The summed E-state index contributed by atoms with van der Waals surface area (Å²) in [6.07, 6.45) is 2.29. The first kappa shape index (κ1) is 14.9. The van der Waals surface area contributed by atoms with Crippen molar-refractivity contribution >= 4 is 33.8 Å². The number of nitrogens with zero attached hydrogens (tertiary/aromatic N) is 3. The molecule has 0 atom stereocenters. The Labute approximate surface area is 124 Å². The van der Waals surface area contributed by atoms with E-state index in [1.807, 2.05) is 6.92 Å². The lowest BCUT2D eigenvalue weighted by molar-refractivity contribution is -0.384. The van der Waals surface area contributed by atoms with Crippen LogP contribution in [0.2, 0.25) is 0 Å². The average Bonchev–Trinajstić information content (AvgIpc) is 2.97. The van der Waals surface area contributed by atoms with Gasteiger partial charge in [-0.05, 0) is 12.5 Å². The standard InChI is InChI=1S/C12H13N5O3S/c1-2-5-13-10-4-3-8(17(19)20)6-9(10)12(18)15-11-7-14-16-21-11/h3-4,6-7,13H,2,5H2,1H3,(H,15,18). The van der Waals surface area contributed by atoms with E-state index < -0.39 is 10.8 Å². The van der Waals surface area contributed by atoms with Crippen LogP contribution in [0.5, 0.6) is 0 Å². The van der Waals surface area contributed by atoms with Gasteiger partial charge in [0.15, 0.2) is 0 Å². The molecule has 0 bridgehead atoms. The maximum atomic E-state index is 12.2. The fourth-order valence-corrected chi connectivity index (χ4v) is 2.06. The van der Waals surface area contributed by atoms with Gasteiger partial charge in [-0.15, -0.1) is 5.10 Å². The van der Waals surface area contributed by atoms with Crippen LogP contribution in [-0.4, -0.2) is 27.0 Å². The summed E-state index contributed by atoms with van der Waals surface area (Å²) in [4.78, 5) is 22.6. The molecule has 1 aromatic heterocycles. The largest absolute Gasteiger partial charge is 0.384 e. The van der Waals surface area contributed by atoms with Crippen LogP contribution >= 0.6 is 11.5 Å². The molecule has 2 rings (SSSR count). The van der Waals surface area contributed by atoms with Crippen LogP contribution in [0.15, 0.2) is 24.4 Å². The Bertz CT molecular complexity index is 644. The minimum Gasteiger partial charge on any atom is -0.384 e. The molecule has 0 aliphatic carbocycles. The number of hydrogen-bond acceptors (Lipinski definition) is 7. The van der Waals surface area contributed by atoms with Crippen LogP contribution in [0.1, 0.15) is 23.7 Å². The number of carbonyl (C=O) groups excluding carboxylic acids is 1. The summed E-state index contributed by atoms with van der Waals surface area (Å²) < 4.78 is 3.64. The summed E-state index contributed by atoms with van der Waals surface area (Å²) in [5.74, 6) is -0.441. The van der Waals surface area contributed by atoms with Crippen LogP contribution in [0.25, 0.3) is 0 Å². The molecule has 0 saturated carbocycles. The lowest BCUT2D eigenvalue weighted by atomic mass is 10.1. The number of aromatic nitrogens is 2. The smallest absolute Gasteiger partial charge is 0.270 e. The van der Waals surface area contributed by atoms with E-state index in [-0.39, 0.29) is 11.3 Å². The molecule has 0 spiro atoms. The molecule has 1 aromatic carbocycles. The van der Waals surface area contributed by atoms with Crippen molar-refractivity contribution in [2.75, 3.05) is 17.2 Å². The van der Waals surface area contributed by atoms with Gasteiger partial charge < -0.3 is 10.6 Å². The Balaban J connectivity index is 2.30. The second kappa shape index (κ2) is 6.75. The number of benzene rings is 1. The molecular weight excluding hydrogens is 294 g/mol. The van der Waals surface area contributed by atoms with Crippen molar-refractivity contribution in [1.82, 2.24) is 9.59 Å². The summed E-state index contributed by atoms with van der Waals surface area (Å²) in [7, 11) is 0. The van der Waals surface area contributed by atoms with Crippen molar-refractivity contribution in [3.63, 3.8) is 0 Å². The molecule has 21 heavy (non-hydrogen) atoms. The molecule has 2 aromatic rings. The Kier molecular flexibility index (Phi) is 4.77. The molecule has 0 saturated heterocycles. The highest BCUT2D eigenvalue weighted by Gasteiger charge is 2.17. The molecule has 0 aliphatic rings. The van der Waals surface area contributed by atoms with Crippen LogP contribution in [0.3, 0.4) is 0 Å². The normalized spacial score (nSPS) is 10.1. The number of hydrogen-bond donors (Lipinski definition) is 2. The van der Waals surface area contributed by atoms with E-state index in [9.17, 15) is 14.9 Å². The van der Waals surface area contributed by atoms with Gasteiger partial charge in [0.2, 0.25) is 0 Å². The van der Waals surface area contributed by atoms with Gasteiger partial charge in [0.1, 0.15) is 5.00 Å². The Morgan fingerprint density at radius 1 is 1.48 bits per heavy atom. The topological polar surface area (TPSA) is 110 Å². The summed E-state index contributed by atoms with van der Waals surface area (Å²) in [5.41, 5.74) is 0.633. The second-order valence-electron chi connectivity index (χ2n) is 4.15. The van der Waals surface area contributed by atoms with Gasteiger partial charge in [-0.25, -0.2) is 0 Å². The quantitative estimate of drug-likeness (QED) is 0.626. The molecular formula is C12H13N5O3S. The highest BCUT2D eigenvalue weighted by atomic mass is 32.1. The van der Waals surface area contributed by atoms with Gasteiger partial charge in [0.25, 0.3) is 11.6 Å². The van der Waals surface area contributed by atoms with E-state index >= 15 is 0 Å². The number of rotatable bonds is 6. The Morgan fingerprint density at radius 3 is 2.90 bits per heavy atom. The zero-order chi connectivity index (χ0) is 15.2. The van der Waals surface area contributed by atoms with Gasteiger partial charge in [-0.1, -0.05) is 11.4 Å². The zero-order valence-electron chi connectivity index (χ0n) is 11.2. The summed E-state index contributed by atoms with van der Waals surface area (Å²) in [6, 6.07) is 4.15. The maximum absolute atomic E-state index is 12.2. The summed E-state index contributed by atoms with van der Waals surface area (Å²) in [5, 5.41) is 20.6. The van der Waals surface area contributed by atoms with Gasteiger partial charge in [0.05, 0.1) is 16.7 Å². The zero-order valence-corrected chi connectivity index (χ0v) is 12.0. The maximum Gasteiger partial charge on any atom is 0.270 e. The van der Waals surface area contributed by atoms with Crippen molar-refractivity contribution in [1.29, 1.82) is 0 Å². The van der Waals surface area contributed by atoms with Crippen LogP contribution < -0.4 is 10.6 Å². The van der Waals surface area contributed by atoms with Crippen LogP contribution in [0.4, 0.5) is 16.4 Å². The van der Waals surface area contributed by atoms with Gasteiger partial charge in [-0.2, -0.15) is 0 Å². The van der Waals surface area contributed by atoms with E-state index in [4.69, 9.17) is 0 Å². The van der Waals surface area contributed by atoms with Gasteiger partial charge in [0, 0.05) is 35.9 Å². The number of nitro benzene ring substituents is 1. The summed E-state index contributed by atoms with van der Waals surface area (Å²) >= 11 is 1.03. The summed E-state index contributed by atoms with van der Waals surface area (Å²) in [6.45, 7) is 2.65. The third kappa shape index (κ3) is 3.72. The molecule has 0 radical (unpaired) electrons. The first-order valence-corrected chi connectivity index (χ1v) is 7.00. The lowest BCUT2D eigenvalue weighted by Gasteiger charge is -2.10. The fraction of sp³-hybridized carbons (Fsp3) is 0.250. The van der Waals surface area contributed by atoms with Crippen molar-refractivity contribution in [3.8, 4) is 0 Å². The molecule has 2 N–H and O–H groups in total.